The quantitative estimate of drug-likeness (QED) is 0.157. The smallest absolute Gasteiger partial charge is 0.319 e. The molecular weight excluding hydrogens is 600 g/mol. The van der Waals surface area contributed by atoms with E-state index in [1.807, 2.05) is 24.3 Å². The van der Waals surface area contributed by atoms with Crippen molar-refractivity contribution in [3.63, 3.8) is 0 Å². The molecule has 0 aliphatic carbocycles. The first-order valence-corrected chi connectivity index (χ1v) is 14.9. The summed E-state index contributed by atoms with van der Waals surface area (Å²) in [5, 5.41) is 14.4. The van der Waals surface area contributed by atoms with Gasteiger partial charge in [-0.15, -0.1) is 0 Å². The van der Waals surface area contributed by atoms with Crippen LogP contribution in [0.3, 0.4) is 0 Å². The number of amides is 5. The highest BCUT2D eigenvalue weighted by molar-refractivity contribution is 6.06. The topological polar surface area (TPSA) is 144 Å². The number of rotatable bonds is 13. The van der Waals surface area contributed by atoms with E-state index in [9.17, 15) is 24.4 Å². The van der Waals surface area contributed by atoms with Gasteiger partial charge in [0.05, 0.1) is 18.3 Å². The van der Waals surface area contributed by atoms with Crippen LogP contribution in [0, 0.1) is 0 Å². The molecule has 244 valence electrons. The summed E-state index contributed by atoms with van der Waals surface area (Å²) in [6.07, 6.45) is 0. The van der Waals surface area contributed by atoms with Gasteiger partial charge in [0.2, 0.25) is 11.8 Å². The van der Waals surface area contributed by atoms with E-state index in [1.54, 1.807) is 106 Å². The summed E-state index contributed by atoms with van der Waals surface area (Å²) < 4.78 is 5.91. The van der Waals surface area contributed by atoms with Crippen LogP contribution >= 0.6 is 0 Å². The average molecular weight is 639 g/mol. The molecule has 4 aromatic carbocycles. The Morgan fingerprint density at radius 2 is 1.34 bits per heavy atom. The lowest BCUT2D eigenvalue weighted by atomic mass is 10.1. The Morgan fingerprint density at radius 1 is 0.745 bits per heavy atom. The van der Waals surface area contributed by atoms with Crippen molar-refractivity contribution >= 4 is 46.5 Å². The fourth-order valence-corrected chi connectivity index (χ4v) is 4.57. The number of nitrogens with one attached hydrogen (secondary N) is 3. The number of anilines is 4. The van der Waals surface area contributed by atoms with Crippen LogP contribution in [0.5, 0.6) is 5.75 Å². The molecule has 0 bridgehead atoms. The SMILES string of the molecule is CC(NO)c1cccc(NC(=O)NCC(=O)N(CC(=O)N(C)c2ccccc2)c2ccccc2OCC(=O)N(C)c2ccccc2)c1. The molecule has 4 rings (SSSR count). The van der Waals surface area contributed by atoms with Crippen LogP contribution in [-0.4, -0.2) is 62.8 Å². The highest BCUT2D eigenvalue weighted by Gasteiger charge is 2.25. The van der Waals surface area contributed by atoms with Crippen LogP contribution in [0.2, 0.25) is 0 Å². The first-order valence-electron chi connectivity index (χ1n) is 14.9. The van der Waals surface area contributed by atoms with Crippen LogP contribution in [0.15, 0.2) is 109 Å². The summed E-state index contributed by atoms with van der Waals surface area (Å²) in [7, 11) is 3.24. The molecule has 47 heavy (non-hydrogen) atoms. The van der Waals surface area contributed by atoms with Gasteiger partial charge in [0, 0.05) is 31.2 Å². The molecule has 4 N–H and O–H groups in total. The van der Waals surface area contributed by atoms with Gasteiger partial charge < -0.3 is 30.4 Å². The molecular formula is C35H38N6O6. The van der Waals surface area contributed by atoms with E-state index in [0.717, 1.165) is 5.56 Å². The molecule has 12 nitrogen and oxygen atoms in total. The van der Waals surface area contributed by atoms with Crippen LogP contribution in [-0.2, 0) is 14.4 Å². The zero-order valence-corrected chi connectivity index (χ0v) is 26.4. The van der Waals surface area contributed by atoms with Crippen molar-refractivity contribution in [2.75, 3.05) is 53.8 Å². The first kappa shape index (κ1) is 34.2. The van der Waals surface area contributed by atoms with Crippen LogP contribution < -0.4 is 35.6 Å². The average Bonchev–Trinajstić information content (AvgIpc) is 3.11. The van der Waals surface area contributed by atoms with Crippen molar-refractivity contribution in [3.05, 3.63) is 115 Å². The van der Waals surface area contributed by atoms with Gasteiger partial charge in [0.15, 0.2) is 6.61 Å². The highest BCUT2D eigenvalue weighted by atomic mass is 16.5. The maximum atomic E-state index is 13.7. The Bertz CT molecular complexity index is 1670. The minimum absolute atomic E-state index is 0.207. The third-order valence-corrected chi connectivity index (χ3v) is 7.38. The number of hydroxylamine groups is 1. The van der Waals surface area contributed by atoms with E-state index < -0.39 is 24.4 Å². The highest BCUT2D eigenvalue weighted by Crippen LogP contribution is 2.29. The molecule has 0 aliphatic rings. The Morgan fingerprint density at radius 3 is 1.98 bits per heavy atom. The number of benzene rings is 4. The number of ether oxygens (including phenoxy) is 1. The predicted molar refractivity (Wildman–Crippen MR) is 181 cm³/mol. The lowest BCUT2D eigenvalue weighted by Gasteiger charge is -2.27. The number of carbonyl (C=O) groups excluding carboxylic acids is 4. The van der Waals surface area contributed by atoms with Crippen LogP contribution in [0.1, 0.15) is 18.5 Å². The number of urea groups is 1. The van der Waals surface area contributed by atoms with Crippen LogP contribution in [0.25, 0.3) is 0 Å². The monoisotopic (exact) mass is 638 g/mol. The van der Waals surface area contributed by atoms with Gasteiger partial charge >= 0.3 is 6.03 Å². The largest absolute Gasteiger partial charge is 0.482 e. The maximum Gasteiger partial charge on any atom is 0.319 e. The van der Waals surface area contributed by atoms with Gasteiger partial charge in [-0.3, -0.25) is 19.3 Å². The second-order valence-electron chi connectivity index (χ2n) is 10.6. The molecule has 1 atom stereocenters. The third-order valence-electron chi connectivity index (χ3n) is 7.38. The van der Waals surface area contributed by atoms with Gasteiger partial charge in [-0.1, -0.05) is 60.7 Å². The van der Waals surface area contributed by atoms with Crippen molar-refractivity contribution in [3.8, 4) is 5.75 Å². The minimum Gasteiger partial charge on any atom is -0.482 e. The summed E-state index contributed by atoms with van der Waals surface area (Å²) in [6.45, 7) is 0.598. The molecule has 0 saturated carbocycles. The van der Waals surface area contributed by atoms with Crippen molar-refractivity contribution in [1.82, 2.24) is 10.8 Å². The van der Waals surface area contributed by atoms with E-state index >= 15 is 0 Å². The Kier molecular flexibility index (Phi) is 12.0. The third kappa shape index (κ3) is 9.39. The van der Waals surface area contributed by atoms with Gasteiger partial charge in [-0.05, 0) is 61.0 Å². The lowest BCUT2D eigenvalue weighted by Crippen LogP contribution is -2.46. The molecule has 1 unspecified atom stereocenters. The fourth-order valence-electron chi connectivity index (χ4n) is 4.57. The maximum absolute atomic E-state index is 13.7. The Hall–Kier alpha value is -5.72. The van der Waals surface area contributed by atoms with E-state index in [0.29, 0.717) is 17.1 Å². The normalized spacial score (nSPS) is 11.1. The molecule has 0 fully saturated rings. The van der Waals surface area contributed by atoms with Gasteiger partial charge in [-0.2, -0.15) is 5.48 Å². The molecule has 0 aliphatic heterocycles. The summed E-state index contributed by atoms with van der Waals surface area (Å²) in [4.78, 5) is 57.0. The zero-order chi connectivity index (χ0) is 33.8. The van der Waals surface area contributed by atoms with E-state index in [1.165, 1.54) is 14.7 Å². The standard InChI is InChI=1S/C35H38N6O6/c1-25(38-46)26-13-12-14-27(21-26)37-35(45)36-22-32(42)41(23-33(43)39(2)28-15-6-4-7-16-28)30-19-10-11-20-31(30)47-24-34(44)40(3)29-17-8-5-9-18-29/h4-21,25,38,46H,22-24H2,1-3H3,(H2,36,37,45). The van der Waals surface area contributed by atoms with E-state index in [4.69, 9.17) is 4.74 Å². The molecule has 5 amide bonds. The van der Waals surface area contributed by atoms with Crippen molar-refractivity contribution in [2.45, 2.75) is 13.0 Å². The van der Waals surface area contributed by atoms with Crippen molar-refractivity contribution in [2.24, 2.45) is 0 Å². The molecule has 0 heterocycles. The zero-order valence-electron chi connectivity index (χ0n) is 26.4. The molecule has 4 aromatic rings. The number of carbonyl (C=O) groups is 4. The number of likely N-dealkylation sites (N-methyl/N-ethyl adjacent to an activating group) is 2. The second kappa shape index (κ2) is 16.5. The number of hydrogen-bond donors (Lipinski definition) is 4. The summed E-state index contributed by atoms with van der Waals surface area (Å²) >= 11 is 0. The van der Waals surface area contributed by atoms with Crippen molar-refractivity contribution < 1.29 is 29.1 Å². The predicted octanol–water partition coefficient (Wildman–Crippen LogP) is 4.59. The fraction of sp³-hybridized carbons (Fsp3) is 0.200. The number of para-hydroxylation sites is 4. The molecule has 0 aromatic heterocycles. The van der Waals surface area contributed by atoms with E-state index in [2.05, 4.69) is 16.1 Å². The summed E-state index contributed by atoms with van der Waals surface area (Å²) in [6, 6.07) is 30.5. The van der Waals surface area contributed by atoms with Gasteiger partial charge in [0.25, 0.3) is 5.91 Å². The summed E-state index contributed by atoms with van der Waals surface area (Å²) in [5.41, 5.74) is 4.92. The first-order chi connectivity index (χ1) is 22.7. The lowest BCUT2D eigenvalue weighted by molar-refractivity contribution is -0.121. The number of hydrogen-bond acceptors (Lipinski definition) is 7. The Labute approximate surface area is 273 Å². The van der Waals surface area contributed by atoms with Gasteiger partial charge in [0.1, 0.15) is 12.3 Å². The second-order valence-corrected chi connectivity index (χ2v) is 10.6. The number of nitrogens with zero attached hydrogens (tertiary/aromatic N) is 3. The molecule has 0 spiro atoms. The Balaban J connectivity index is 1.51. The molecule has 12 heteroatoms. The summed E-state index contributed by atoms with van der Waals surface area (Å²) in [5.74, 6) is -1.10. The van der Waals surface area contributed by atoms with Gasteiger partial charge in [-0.25, -0.2) is 4.79 Å². The molecule has 0 radical (unpaired) electrons. The van der Waals surface area contributed by atoms with E-state index in [-0.39, 0.29) is 36.5 Å². The minimum atomic E-state index is -0.646. The van der Waals surface area contributed by atoms with Crippen LogP contribution in [0.4, 0.5) is 27.5 Å². The molecule has 0 saturated heterocycles. The van der Waals surface area contributed by atoms with Crippen molar-refractivity contribution in [1.29, 1.82) is 0 Å².